The summed E-state index contributed by atoms with van der Waals surface area (Å²) in [7, 11) is 0. The number of rotatable bonds is 1. The van der Waals surface area contributed by atoms with Crippen molar-refractivity contribution in [3.8, 4) is 0 Å². The first kappa shape index (κ1) is 11.5. The number of oxime groups is 1. The molecule has 1 saturated heterocycles. The van der Waals surface area contributed by atoms with Crippen LogP contribution >= 0.6 is 0 Å². The van der Waals surface area contributed by atoms with E-state index >= 15 is 0 Å². The van der Waals surface area contributed by atoms with Crippen molar-refractivity contribution in [1.29, 1.82) is 0 Å². The molecule has 0 amide bonds. The summed E-state index contributed by atoms with van der Waals surface area (Å²) in [6, 6.07) is 0.462. The molecule has 96 valence electrons. The molecular weight excluding hydrogens is 212 g/mol. The molecule has 3 nitrogen and oxygen atoms in total. The third kappa shape index (κ3) is 1.88. The van der Waals surface area contributed by atoms with E-state index in [0.717, 1.165) is 23.5 Å². The Morgan fingerprint density at radius 1 is 1.12 bits per heavy atom. The molecule has 5 atom stereocenters. The fraction of sp³-hybridized carbons (Fsp3) is 0.929. The van der Waals surface area contributed by atoms with E-state index in [2.05, 4.69) is 23.9 Å². The molecule has 3 rings (SSSR count). The molecule has 2 aliphatic carbocycles. The minimum absolute atomic E-state index is 0.462. The highest BCUT2D eigenvalue weighted by Crippen LogP contribution is 2.45. The van der Waals surface area contributed by atoms with Gasteiger partial charge in [-0.3, -0.25) is 4.90 Å². The lowest BCUT2D eigenvalue weighted by Crippen LogP contribution is -2.50. The Hall–Kier alpha value is -0.570. The number of hydrogen-bond acceptors (Lipinski definition) is 3. The molecule has 0 unspecified atom stereocenters. The number of nitrogens with zero attached hydrogens (tertiary/aromatic N) is 2. The van der Waals surface area contributed by atoms with Gasteiger partial charge in [-0.05, 0) is 43.4 Å². The predicted molar refractivity (Wildman–Crippen MR) is 68.4 cm³/mol. The number of likely N-dealkylation sites (tertiary alicyclic amines) is 1. The van der Waals surface area contributed by atoms with Gasteiger partial charge in [0.15, 0.2) is 0 Å². The third-order valence-corrected chi connectivity index (χ3v) is 5.05. The van der Waals surface area contributed by atoms with Gasteiger partial charge in [-0.15, -0.1) is 0 Å². The zero-order valence-electron chi connectivity index (χ0n) is 11.0. The molecule has 17 heavy (non-hydrogen) atoms. The summed E-state index contributed by atoms with van der Waals surface area (Å²) in [5.41, 5.74) is 1.10. The molecule has 1 heterocycles. The summed E-state index contributed by atoms with van der Waals surface area (Å²) in [5, 5.41) is 12.9. The van der Waals surface area contributed by atoms with Crippen molar-refractivity contribution in [3.63, 3.8) is 0 Å². The quantitative estimate of drug-likeness (QED) is 0.561. The molecule has 2 saturated carbocycles. The first-order valence-corrected chi connectivity index (χ1v) is 7.15. The van der Waals surface area contributed by atoms with Crippen LogP contribution in [0.2, 0.25) is 0 Å². The maximum absolute atomic E-state index is 9.28. The number of fused-ring (bicyclic) bond motifs is 2. The molecule has 1 aliphatic heterocycles. The third-order valence-electron chi connectivity index (χ3n) is 5.05. The monoisotopic (exact) mass is 236 g/mol. The first-order chi connectivity index (χ1) is 8.19. The Balaban J connectivity index is 1.79. The summed E-state index contributed by atoms with van der Waals surface area (Å²) in [6.07, 6.45) is 5.21. The highest BCUT2D eigenvalue weighted by Gasteiger charge is 2.48. The Labute approximate surface area is 104 Å². The van der Waals surface area contributed by atoms with Crippen LogP contribution in [0.3, 0.4) is 0 Å². The zero-order chi connectivity index (χ0) is 12.0. The zero-order valence-corrected chi connectivity index (χ0v) is 11.0. The van der Waals surface area contributed by atoms with Crippen molar-refractivity contribution in [2.75, 3.05) is 13.1 Å². The fourth-order valence-electron chi connectivity index (χ4n) is 4.62. The molecule has 0 aromatic rings. The summed E-state index contributed by atoms with van der Waals surface area (Å²) in [4.78, 5) is 2.61. The van der Waals surface area contributed by atoms with Crippen LogP contribution in [0.4, 0.5) is 0 Å². The molecule has 2 bridgehead atoms. The van der Waals surface area contributed by atoms with Crippen LogP contribution in [0.15, 0.2) is 5.16 Å². The average molecular weight is 236 g/mol. The molecule has 1 N–H and O–H groups in total. The van der Waals surface area contributed by atoms with Crippen molar-refractivity contribution >= 4 is 5.71 Å². The van der Waals surface area contributed by atoms with Gasteiger partial charge in [0.25, 0.3) is 0 Å². The van der Waals surface area contributed by atoms with Crippen molar-refractivity contribution in [2.24, 2.45) is 28.8 Å². The van der Waals surface area contributed by atoms with Crippen molar-refractivity contribution in [1.82, 2.24) is 4.90 Å². The highest BCUT2D eigenvalue weighted by atomic mass is 16.4. The lowest BCUT2D eigenvalue weighted by atomic mass is 9.86. The Morgan fingerprint density at radius 3 is 2.47 bits per heavy atom. The van der Waals surface area contributed by atoms with Crippen LogP contribution in [0, 0.1) is 23.7 Å². The van der Waals surface area contributed by atoms with E-state index < -0.39 is 0 Å². The Morgan fingerprint density at radius 2 is 1.82 bits per heavy atom. The van der Waals surface area contributed by atoms with Crippen LogP contribution in [0.1, 0.15) is 39.5 Å². The van der Waals surface area contributed by atoms with E-state index in [9.17, 15) is 5.21 Å². The van der Waals surface area contributed by atoms with Gasteiger partial charge in [-0.1, -0.05) is 19.0 Å². The second-order valence-corrected chi connectivity index (χ2v) is 6.64. The molecule has 0 spiro atoms. The normalized spacial score (nSPS) is 49.1. The van der Waals surface area contributed by atoms with Gasteiger partial charge in [0.2, 0.25) is 0 Å². The second kappa shape index (κ2) is 4.27. The van der Waals surface area contributed by atoms with Crippen molar-refractivity contribution in [2.45, 2.75) is 45.6 Å². The van der Waals surface area contributed by atoms with Gasteiger partial charge in [-0.25, -0.2) is 0 Å². The highest BCUT2D eigenvalue weighted by molar-refractivity contribution is 5.94. The van der Waals surface area contributed by atoms with Gasteiger partial charge >= 0.3 is 0 Å². The van der Waals surface area contributed by atoms with E-state index in [1.165, 1.54) is 38.8 Å². The predicted octanol–water partition coefficient (Wildman–Crippen LogP) is 2.59. The van der Waals surface area contributed by atoms with Gasteiger partial charge < -0.3 is 5.21 Å². The van der Waals surface area contributed by atoms with Gasteiger partial charge in [0.05, 0.1) is 11.8 Å². The summed E-state index contributed by atoms with van der Waals surface area (Å²) >= 11 is 0. The SMILES string of the molecule is C[C@@H]1C[C@@H](C)CN([C@H]2/C(=N\O)[C@H]3CC[C@H]2C3)C1. The van der Waals surface area contributed by atoms with Crippen LogP contribution in [-0.4, -0.2) is 35.0 Å². The Bertz CT molecular complexity index is 318. The van der Waals surface area contributed by atoms with Crippen LogP contribution in [0.25, 0.3) is 0 Å². The minimum atomic E-state index is 0.462. The summed E-state index contributed by atoms with van der Waals surface area (Å²) < 4.78 is 0. The fourth-order valence-corrected chi connectivity index (χ4v) is 4.62. The van der Waals surface area contributed by atoms with Crippen LogP contribution < -0.4 is 0 Å². The van der Waals surface area contributed by atoms with Gasteiger partial charge in [0.1, 0.15) is 0 Å². The summed E-state index contributed by atoms with van der Waals surface area (Å²) in [5.74, 6) is 2.93. The number of hydrogen-bond donors (Lipinski definition) is 1. The second-order valence-electron chi connectivity index (χ2n) is 6.64. The molecular formula is C14H24N2O. The molecule has 0 aromatic heterocycles. The van der Waals surface area contributed by atoms with Crippen LogP contribution in [0.5, 0.6) is 0 Å². The average Bonchev–Trinajstić information content (AvgIpc) is 2.86. The molecule has 0 radical (unpaired) electrons. The van der Waals surface area contributed by atoms with E-state index in [4.69, 9.17) is 0 Å². The molecule has 3 aliphatic rings. The van der Waals surface area contributed by atoms with E-state index in [1.54, 1.807) is 0 Å². The first-order valence-electron chi connectivity index (χ1n) is 7.15. The maximum atomic E-state index is 9.28. The molecule has 0 aromatic carbocycles. The smallest absolute Gasteiger partial charge is 0.0775 e. The van der Waals surface area contributed by atoms with Crippen LogP contribution in [-0.2, 0) is 0 Å². The van der Waals surface area contributed by atoms with E-state index in [1.807, 2.05) is 0 Å². The topological polar surface area (TPSA) is 35.8 Å². The standard InChI is InChI=1S/C14H24N2O/c1-9-5-10(2)8-16(7-9)14-12-4-3-11(6-12)13(14)15-17/h9-12,14,17H,3-8H2,1-2H3/b15-13-/t9-,10-,11+,12+,14-/m1/s1. The van der Waals surface area contributed by atoms with E-state index in [0.29, 0.717) is 12.0 Å². The molecule has 3 fully saturated rings. The minimum Gasteiger partial charge on any atom is -0.411 e. The summed E-state index contributed by atoms with van der Waals surface area (Å²) in [6.45, 7) is 7.09. The van der Waals surface area contributed by atoms with Gasteiger partial charge in [-0.2, -0.15) is 0 Å². The number of piperidine rings is 1. The molecule has 3 heteroatoms. The van der Waals surface area contributed by atoms with Gasteiger partial charge in [0, 0.05) is 19.0 Å². The maximum Gasteiger partial charge on any atom is 0.0775 e. The lowest BCUT2D eigenvalue weighted by Gasteiger charge is -2.41. The van der Waals surface area contributed by atoms with Crippen molar-refractivity contribution < 1.29 is 5.21 Å². The largest absolute Gasteiger partial charge is 0.411 e. The van der Waals surface area contributed by atoms with E-state index in [-0.39, 0.29) is 0 Å². The lowest BCUT2D eigenvalue weighted by molar-refractivity contribution is 0.0987. The van der Waals surface area contributed by atoms with Crippen molar-refractivity contribution in [3.05, 3.63) is 0 Å². The Kier molecular flexibility index (Phi) is 2.89.